The lowest BCUT2D eigenvalue weighted by molar-refractivity contribution is 0.343. The SMILES string of the molecule is Cc1cccc(OCCSc2nnnn2CCN)c1. The van der Waals surface area contributed by atoms with Crippen LogP contribution >= 0.6 is 11.8 Å². The van der Waals surface area contributed by atoms with E-state index < -0.39 is 0 Å². The maximum Gasteiger partial charge on any atom is 0.209 e. The van der Waals surface area contributed by atoms with E-state index in [2.05, 4.69) is 15.5 Å². The fraction of sp³-hybridized carbons (Fsp3) is 0.417. The molecule has 7 heteroatoms. The van der Waals surface area contributed by atoms with Crippen molar-refractivity contribution in [3.8, 4) is 5.75 Å². The van der Waals surface area contributed by atoms with Crippen molar-refractivity contribution in [1.82, 2.24) is 20.2 Å². The van der Waals surface area contributed by atoms with E-state index in [0.717, 1.165) is 16.7 Å². The van der Waals surface area contributed by atoms with E-state index in [1.165, 1.54) is 5.56 Å². The number of aromatic nitrogens is 4. The third-order valence-corrected chi connectivity index (χ3v) is 3.33. The first kappa shape index (κ1) is 13.8. The van der Waals surface area contributed by atoms with Crippen LogP contribution in [0.2, 0.25) is 0 Å². The zero-order valence-electron chi connectivity index (χ0n) is 10.8. The van der Waals surface area contributed by atoms with Gasteiger partial charge in [-0.25, -0.2) is 4.68 Å². The average Bonchev–Trinajstić information content (AvgIpc) is 2.83. The van der Waals surface area contributed by atoms with Crippen molar-refractivity contribution >= 4 is 11.8 Å². The molecule has 0 aliphatic carbocycles. The Morgan fingerprint density at radius 1 is 1.42 bits per heavy atom. The zero-order chi connectivity index (χ0) is 13.5. The molecule has 2 aromatic rings. The van der Waals surface area contributed by atoms with E-state index in [4.69, 9.17) is 10.5 Å². The number of hydrogen-bond donors (Lipinski definition) is 1. The maximum absolute atomic E-state index is 5.66. The number of benzene rings is 1. The molecule has 19 heavy (non-hydrogen) atoms. The van der Waals surface area contributed by atoms with Crippen LogP contribution in [0.5, 0.6) is 5.75 Å². The second kappa shape index (κ2) is 7.10. The Morgan fingerprint density at radius 3 is 3.11 bits per heavy atom. The zero-order valence-corrected chi connectivity index (χ0v) is 11.6. The highest BCUT2D eigenvalue weighted by Crippen LogP contribution is 2.15. The standard InChI is InChI=1S/C12H17N5OS/c1-10-3-2-4-11(9-10)18-7-8-19-12-14-15-16-17(12)6-5-13/h2-4,9H,5-8,13H2,1H3. The minimum atomic E-state index is 0.526. The number of thioether (sulfide) groups is 1. The van der Waals surface area contributed by atoms with Crippen molar-refractivity contribution in [2.45, 2.75) is 18.6 Å². The summed E-state index contributed by atoms with van der Waals surface area (Å²) < 4.78 is 7.37. The molecule has 1 aromatic heterocycles. The maximum atomic E-state index is 5.66. The van der Waals surface area contributed by atoms with Crippen LogP contribution in [0.15, 0.2) is 29.4 Å². The number of aryl methyl sites for hydroxylation is 1. The van der Waals surface area contributed by atoms with E-state index in [1.807, 2.05) is 31.2 Å². The van der Waals surface area contributed by atoms with Gasteiger partial charge in [-0.05, 0) is 35.0 Å². The first-order chi connectivity index (χ1) is 9.29. The molecule has 0 radical (unpaired) electrons. The molecule has 0 amide bonds. The Morgan fingerprint density at radius 2 is 2.32 bits per heavy atom. The predicted molar refractivity (Wildman–Crippen MR) is 74.3 cm³/mol. The molecule has 0 atom stereocenters. The highest BCUT2D eigenvalue weighted by atomic mass is 32.2. The van der Waals surface area contributed by atoms with Crippen molar-refractivity contribution in [1.29, 1.82) is 0 Å². The van der Waals surface area contributed by atoms with Gasteiger partial charge in [-0.1, -0.05) is 23.9 Å². The van der Waals surface area contributed by atoms with Crippen LogP contribution in [-0.2, 0) is 6.54 Å². The third kappa shape index (κ3) is 4.22. The van der Waals surface area contributed by atoms with Gasteiger partial charge >= 0.3 is 0 Å². The molecule has 0 unspecified atom stereocenters. The van der Waals surface area contributed by atoms with Gasteiger partial charge in [0.2, 0.25) is 5.16 Å². The molecule has 0 bridgehead atoms. The number of rotatable bonds is 7. The van der Waals surface area contributed by atoms with E-state index in [0.29, 0.717) is 19.7 Å². The van der Waals surface area contributed by atoms with Crippen LogP contribution in [0.25, 0.3) is 0 Å². The largest absolute Gasteiger partial charge is 0.493 e. The van der Waals surface area contributed by atoms with Gasteiger partial charge in [0.15, 0.2) is 0 Å². The molecule has 6 nitrogen and oxygen atoms in total. The summed E-state index contributed by atoms with van der Waals surface area (Å²) in [6, 6.07) is 8.00. The molecule has 0 saturated heterocycles. The second-order valence-corrected chi connectivity index (χ2v) is 5.05. The molecule has 0 aliphatic heterocycles. The lowest BCUT2D eigenvalue weighted by Crippen LogP contribution is -2.12. The van der Waals surface area contributed by atoms with Gasteiger partial charge in [-0.15, -0.1) is 5.10 Å². The summed E-state index contributed by atoms with van der Waals surface area (Å²) >= 11 is 1.56. The summed E-state index contributed by atoms with van der Waals surface area (Å²) in [6.07, 6.45) is 0. The van der Waals surface area contributed by atoms with Crippen LogP contribution in [0.3, 0.4) is 0 Å². The average molecular weight is 279 g/mol. The van der Waals surface area contributed by atoms with Crippen molar-refractivity contribution in [2.24, 2.45) is 5.73 Å². The molecule has 1 heterocycles. The molecule has 0 aliphatic rings. The van der Waals surface area contributed by atoms with Crippen LogP contribution in [0.4, 0.5) is 0 Å². The molecular formula is C12H17N5OS. The van der Waals surface area contributed by atoms with E-state index in [9.17, 15) is 0 Å². The molecule has 2 rings (SSSR count). The van der Waals surface area contributed by atoms with Gasteiger partial charge in [0.05, 0.1) is 13.2 Å². The normalized spacial score (nSPS) is 10.6. The number of nitrogens with zero attached hydrogens (tertiary/aromatic N) is 4. The van der Waals surface area contributed by atoms with E-state index >= 15 is 0 Å². The van der Waals surface area contributed by atoms with E-state index in [1.54, 1.807) is 16.4 Å². The fourth-order valence-electron chi connectivity index (χ4n) is 1.56. The summed E-state index contributed by atoms with van der Waals surface area (Å²) in [5, 5.41) is 12.2. The predicted octanol–water partition coefficient (Wildman–Crippen LogP) is 1.11. The first-order valence-electron chi connectivity index (χ1n) is 6.08. The Bertz CT molecular complexity index is 516. The van der Waals surface area contributed by atoms with Crippen LogP contribution in [-0.4, -0.2) is 39.1 Å². The fourth-order valence-corrected chi connectivity index (χ4v) is 2.28. The monoisotopic (exact) mass is 279 g/mol. The molecule has 0 spiro atoms. The Hall–Kier alpha value is -1.60. The minimum Gasteiger partial charge on any atom is -0.493 e. The summed E-state index contributed by atoms with van der Waals surface area (Å²) in [4.78, 5) is 0. The van der Waals surface area contributed by atoms with Crippen molar-refractivity contribution in [3.63, 3.8) is 0 Å². The molecule has 102 valence electrons. The molecule has 0 saturated carbocycles. The second-order valence-electron chi connectivity index (χ2n) is 3.99. The highest BCUT2D eigenvalue weighted by molar-refractivity contribution is 7.99. The smallest absolute Gasteiger partial charge is 0.209 e. The van der Waals surface area contributed by atoms with Gasteiger partial charge in [0.25, 0.3) is 0 Å². The molecule has 0 fully saturated rings. The molecule has 1 aromatic carbocycles. The topological polar surface area (TPSA) is 78.9 Å². The first-order valence-corrected chi connectivity index (χ1v) is 7.06. The van der Waals surface area contributed by atoms with Crippen molar-refractivity contribution in [3.05, 3.63) is 29.8 Å². The summed E-state index contributed by atoms with van der Waals surface area (Å²) in [5.74, 6) is 1.68. The number of ether oxygens (including phenoxy) is 1. The third-order valence-electron chi connectivity index (χ3n) is 2.41. The summed E-state index contributed by atoms with van der Waals surface area (Å²) in [6.45, 7) is 3.82. The lowest BCUT2D eigenvalue weighted by Gasteiger charge is -2.06. The van der Waals surface area contributed by atoms with Gasteiger partial charge in [-0.3, -0.25) is 0 Å². The number of tetrazole rings is 1. The number of nitrogens with two attached hydrogens (primary N) is 1. The minimum absolute atomic E-state index is 0.526. The molecule has 2 N–H and O–H groups in total. The summed E-state index contributed by atoms with van der Waals surface area (Å²) in [5.41, 5.74) is 6.67. The summed E-state index contributed by atoms with van der Waals surface area (Å²) in [7, 11) is 0. The Labute approximate surface area is 116 Å². The van der Waals surface area contributed by atoms with Gasteiger partial charge in [0.1, 0.15) is 5.75 Å². The lowest BCUT2D eigenvalue weighted by atomic mass is 10.2. The van der Waals surface area contributed by atoms with Crippen LogP contribution < -0.4 is 10.5 Å². The highest BCUT2D eigenvalue weighted by Gasteiger charge is 2.05. The Kier molecular flexibility index (Phi) is 5.17. The number of hydrogen-bond acceptors (Lipinski definition) is 6. The van der Waals surface area contributed by atoms with Gasteiger partial charge < -0.3 is 10.5 Å². The van der Waals surface area contributed by atoms with Crippen molar-refractivity contribution in [2.75, 3.05) is 18.9 Å². The van der Waals surface area contributed by atoms with Crippen molar-refractivity contribution < 1.29 is 4.74 Å². The van der Waals surface area contributed by atoms with Gasteiger partial charge in [-0.2, -0.15) is 0 Å². The van der Waals surface area contributed by atoms with Crippen LogP contribution in [0, 0.1) is 6.92 Å². The Balaban J connectivity index is 1.76. The van der Waals surface area contributed by atoms with E-state index in [-0.39, 0.29) is 0 Å². The van der Waals surface area contributed by atoms with Crippen LogP contribution in [0.1, 0.15) is 5.56 Å². The quantitative estimate of drug-likeness (QED) is 0.604. The molecular weight excluding hydrogens is 262 g/mol. The van der Waals surface area contributed by atoms with Gasteiger partial charge in [0, 0.05) is 12.3 Å².